The lowest BCUT2D eigenvalue weighted by atomic mass is 11.3. The van der Waals surface area contributed by atoms with E-state index in [9.17, 15) is 9.81 Å². The Morgan fingerprint density at radius 2 is 1.25 bits per heavy atom. The average molecular weight is 118 g/mol. The molecule has 0 aliphatic carbocycles. The monoisotopic (exact) mass is 118 g/mol. The molecule has 0 radical (unpaired) electrons. The minimum absolute atomic E-state index is 0.771. The van der Waals surface area contributed by atoms with E-state index in [-0.39, 0.29) is 0 Å². The molecule has 0 aliphatic rings. The van der Waals surface area contributed by atoms with E-state index >= 15 is 0 Å². The maximum atomic E-state index is 9.54. The van der Waals surface area contributed by atoms with E-state index in [0.717, 1.165) is 10.2 Å². The van der Waals surface area contributed by atoms with Gasteiger partial charge in [-0.2, -0.15) is 10.2 Å². The van der Waals surface area contributed by atoms with Gasteiger partial charge in [-0.15, -0.1) is 9.81 Å². The summed E-state index contributed by atoms with van der Waals surface area (Å²) in [5, 5.41) is 6.29. The van der Waals surface area contributed by atoms with Crippen LogP contribution in [0.2, 0.25) is 0 Å². The Hall–Kier alpha value is -1.20. The van der Waals surface area contributed by atoms with Gasteiger partial charge in [-0.05, 0) is 0 Å². The molecule has 0 atom stereocenters. The van der Waals surface area contributed by atoms with Crippen molar-refractivity contribution in [2.45, 2.75) is 0 Å². The van der Waals surface area contributed by atoms with Crippen molar-refractivity contribution in [3.05, 3.63) is 9.81 Å². The van der Waals surface area contributed by atoms with E-state index in [4.69, 9.17) is 0 Å². The van der Waals surface area contributed by atoms with Crippen molar-refractivity contribution in [2.24, 2.45) is 10.6 Å². The van der Waals surface area contributed by atoms with Crippen molar-refractivity contribution in [3.8, 4) is 0 Å². The predicted molar refractivity (Wildman–Crippen MR) is 27.1 cm³/mol. The molecule has 0 rings (SSSR count). The molecule has 6 nitrogen and oxygen atoms in total. The van der Waals surface area contributed by atoms with Crippen molar-refractivity contribution >= 4 is 0 Å². The molecule has 0 amide bonds. The molecule has 0 fully saturated rings. The summed E-state index contributed by atoms with van der Waals surface area (Å²) >= 11 is 0. The van der Waals surface area contributed by atoms with Gasteiger partial charge in [0.05, 0.1) is 24.7 Å². The molecule has 0 unspecified atom stereocenters. The lowest BCUT2D eigenvalue weighted by Gasteiger charge is -2.12. The van der Waals surface area contributed by atoms with Crippen LogP contribution in [-0.2, 0) is 0 Å². The standard InChI is InChI=1S/C2H6N4O2/c1-5(3-7)6(2)4-8/h1-2H3. The number of nitroso groups, excluding NO2 is 2. The first-order chi connectivity index (χ1) is 3.72. The van der Waals surface area contributed by atoms with Crippen molar-refractivity contribution < 1.29 is 0 Å². The molecule has 46 valence electrons. The molecule has 8 heavy (non-hydrogen) atoms. The average Bonchev–Trinajstić information content (AvgIpc) is 1.84. The molecule has 0 aliphatic heterocycles. The van der Waals surface area contributed by atoms with Crippen LogP contribution in [0.25, 0.3) is 0 Å². The van der Waals surface area contributed by atoms with Gasteiger partial charge >= 0.3 is 0 Å². The fourth-order valence-corrected chi connectivity index (χ4v) is 0.106. The van der Waals surface area contributed by atoms with Gasteiger partial charge in [0.1, 0.15) is 0 Å². The Morgan fingerprint density at radius 3 is 1.38 bits per heavy atom. The minimum Gasteiger partial charge on any atom is -0.153 e. The Balaban J connectivity index is 3.60. The maximum Gasteiger partial charge on any atom is 0.0744 e. The van der Waals surface area contributed by atoms with E-state index in [0.29, 0.717) is 0 Å². The lowest BCUT2D eigenvalue weighted by molar-refractivity contribution is 0.0287. The topological polar surface area (TPSA) is 65.3 Å². The van der Waals surface area contributed by atoms with Gasteiger partial charge in [-0.3, -0.25) is 0 Å². The minimum atomic E-state index is 0.771. The first kappa shape index (κ1) is 6.80. The van der Waals surface area contributed by atoms with Crippen LogP contribution >= 0.6 is 0 Å². The molecule has 0 heterocycles. The Kier molecular flexibility index (Phi) is 2.46. The van der Waals surface area contributed by atoms with Gasteiger partial charge in [0, 0.05) is 0 Å². The van der Waals surface area contributed by atoms with Gasteiger partial charge in [-0.1, -0.05) is 0 Å². The molecular weight excluding hydrogens is 112 g/mol. The highest BCUT2D eigenvalue weighted by Crippen LogP contribution is 1.87. The van der Waals surface area contributed by atoms with E-state index in [1.807, 2.05) is 0 Å². The summed E-state index contributed by atoms with van der Waals surface area (Å²) in [5.41, 5.74) is 0. The molecule has 0 aromatic heterocycles. The van der Waals surface area contributed by atoms with Crippen molar-refractivity contribution in [2.75, 3.05) is 14.1 Å². The van der Waals surface area contributed by atoms with Gasteiger partial charge in [0.2, 0.25) is 0 Å². The van der Waals surface area contributed by atoms with E-state index in [1.165, 1.54) is 14.1 Å². The first-order valence-corrected chi connectivity index (χ1v) is 1.86. The fraction of sp³-hybridized carbons (Fsp3) is 1.00. The SMILES string of the molecule is CN(N=O)N(C)N=O. The summed E-state index contributed by atoms with van der Waals surface area (Å²) in [7, 11) is 2.63. The Morgan fingerprint density at radius 1 is 1.00 bits per heavy atom. The number of hydrazine groups is 1. The van der Waals surface area contributed by atoms with E-state index in [1.54, 1.807) is 0 Å². The molecular formula is C2H6N4O2. The second-order valence-electron chi connectivity index (χ2n) is 1.14. The Labute approximate surface area is 45.9 Å². The summed E-state index contributed by atoms with van der Waals surface area (Å²) in [4.78, 5) is 19.1. The van der Waals surface area contributed by atoms with Crippen LogP contribution < -0.4 is 0 Å². The molecule has 0 aromatic rings. The van der Waals surface area contributed by atoms with E-state index < -0.39 is 0 Å². The maximum absolute atomic E-state index is 9.54. The second-order valence-corrected chi connectivity index (χ2v) is 1.14. The van der Waals surface area contributed by atoms with Gasteiger partial charge in [0.25, 0.3) is 0 Å². The van der Waals surface area contributed by atoms with Gasteiger partial charge < -0.3 is 0 Å². The number of nitrogens with zero attached hydrogens (tertiary/aromatic N) is 4. The van der Waals surface area contributed by atoms with Crippen molar-refractivity contribution in [1.82, 2.24) is 10.2 Å². The number of rotatable bonds is 3. The predicted octanol–water partition coefficient (Wildman–Crippen LogP) is 0.128. The zero-order valence-corrected chi connectivity index (χ0v) is 4.61. The zero-order chi connectivity index (χ0) is 6.57. The first-order valence-electron chi connectivity index (χ1n) is 1.86. The van der Waals surface area contributed by atoms with Crippen molar-refractivity contribution in [3.63, 3.8) is 0 Å². The van der Waals surface area contributed by atoms with Gasteiger partial charge in [-0.25, -0.2) is 0 Å². The highest BCUT2D eigenvalue weighted by molar-refractivity contribution is 4.28. The smallest absolute Gasteiger partial charge is 0.0744 e. The van der Waals surface area contributed by atoms with Crippen molar-refractivity contribution in [1.29, 1.82) is 0 Å². The largest absolute Gasteiger partial charge is 0.153 e. The normalized spacial score (nSPS) is 7.75. The van der Waals surface area contributed by atoms with Gasteiger partial charge in [0.15, 0.2) is 0 Å². The number of hydrogen-bond donors (Lipinski definition) is 0. The molecule has 6 heteroatoms. The van der Waals surface area contributed by atoms with Crippen LogP contribution in [0.3, 0.4) is 0 Å². The van der Waals surface area contributed by atoms with Crippen LogP contribution in [0.4, 0.5) is 0 Å². The van der Waals surface area contributed by atoms with Crippen LogP contribution in [0.1, 0.15) is 0 Å². The summed E-state index contributed by atoms with van der Waals surface area (Å²) in [6.45, 7) is 0. The summed E-state index contributed by atoms with van der Waals surface area (Å²) in [6.07, 6.45) is 0. The summed E-state index contributed by atoms with van der Waals surface area (Å²) in [6, 6.07) is 0. The third-order valence-electron chi connectivity index (χ3n) is 0.655. The molecule has 0 spiro atoms. The van der Waals surface area contributed by atoms with E-state index in [2.05, 4.69) is 10.6 Å². The van der Waals surface area contributed by atoms with Crippen LogP contribution in [-0.4, -0.2) is 24.3 Å². The Bertz CT molecular complexity index is 82.0. The third kappa shape index (κ3) is 1.50. The number of hydrogen-bond acceptors (Lipinski definition) is 4. The summed E-state index contributed by atoms with van der Waals surface area (Å²) in [5.74, 6) is 0. The highest BCUT2D eigenvalue weighted by Gasteiger charge is 1.97. The zero-order valence-electron chi connectivity index (χ0n) is 4.61. The quantitative estimate of drug-likeness (QED) is 0.390. The molecule has 0 aromatic carbocycles. The third-order valence-corrected chi connectivity index (χ3v) is 0.655. The fourth-order valence-electron chi connectivity index (χ4n) is 0.106. The molecule has 0 saturated carbocycles. The molecule has 0 saturated heterocycles. The highest BCUT2D eigenvalue weighted by atomic mass is 16.4. The van der Waals surface area contributed by atoms with Crippen LogP contribution in [0.5, 0.6) is 0 Å². The molecule has 0 N–H and O–H groups in total. The van der Waals surface area contributed by atoms with Crippen LogP contribution in [0, 0.1) is 9.81 Å². The summed E-state index contributed by atoms with van der Waals surface area (Å²) < 4.78 is 0. The lowest BCUT2D eigenvalue weighted by Crippen LogP contribution is -2.26. The second kappa shape index (κ2) is 2.89. The van der Waals surface area contributed by atoms with Crippen LogP contribution in [0.15, 0.2) is 10.6 Å². The molecule has 0 bridgehead atoms.